The summed E-state index contributed by atoms with van der Waals surface area (Å²) in [6, 6.07) is 11.6. The van der Waals surface area contributed by atoms with Gasteiger partial charge in [0.05, 0.1) is 12.2 Å². The molecule has 2 heterocycles. The van der Waals surface area contributed by atoms with Crippen molar-refractivity contribution in [3.63, 3.8) is 0 Å². The lowest BCUT2D eigenvalue weighted by Crippen LogP contribution is -2.44. The lowest BCUT2D eigenvalue weighted by atomic mass is 10.1. The fourth-order valence-electron chi connectivity index (χ4n) is 4.01. The van der Waals surface area contributed by atoms with Crippen molar-refractivity contribution in [2.75, 3.05) is 48.3 Å². The Labute approximate surface area is 218 Å². The molecule has 1 aliphatic rings. The maximum atomic E-state index is 13.2. The Hall–Kier alpha value is -3.70. The van der Waals surface area contributed by atoms with Gasteiger partial charge in [0, 0.05) is 49.2 Å². The van der Waals surface area contributed by atoms with Crippen LogP contribution in [0.4, 0.5) is 36.7 Å². The van der Waals surface area contributed by atoms with Gasteiger partial charge in [0.2, 0.25) is 5.95 Å². The minimum absolute atomic E-state index is 0.0318. The number of hydrogen-bond donors (Lipinski definition) is 2. The summed E-state index contributed by atoms with van der Waals surface area (Å²) in [6.45, 7) is 1.90. The Morgan fingerprint density at radius 3 is 2.65 bits per heavy atom. The molecule has 0 atom stereocenters. The predicted octanol–water partition coefficient (Wildman–Crippen LogP) is 5.22. The van der Waals surface area contributed by atoms with E-state index in [0.717, 1.165) is 29.1 Å². The maximum Gasteiger partial charge on any atom is 0.413 e. The summed E-state index contributed by atoms with van der Waals surface area (Å²) in [7, 11) is 2.01. The number of carboxylic acid groups (broad SMARTS) is 1. The van der Waals surface area contributed by atoms with Crippen molar-refractivity contribution in [3.05, 3.63) is 64.8 Å². The number of nitrogens with zero attached hydrogens (tertiary/aromatic N) is 5. The molecule has 9 nitrogen and oxygen atoms in total. The van der Waals surface area contributed by atoms with Crippen molar-refractivity contribution in [2.45, 2.75) is 20.1 Å². The summed E-state index contributed by atoms with van der Waals surface area (Å²) in [6.07, 6.45) is 0.217. The lowest BCUT2D eigenvalue weighted by molar-refractivity contribution is -0.0495. The van der Waals surface area contributed by atoms with E-state index >= 15 is 0 Å². The van der Waals surface area contributed by atoms with Crippen LogP contribution >= 0.6 is 11.6 Å². The predicted molar refractivity (Wildman–Crippen MR) is 138 cm³/mol. The van der Waals surface area contributed by atoms with E-state index in [4.69, 9.17) is 16.3 Å². The number of benzene rings is 2. The van der Waals surface area contributed by atoms with Crippen LogP contribution in [0.25, 0.3) is 0 Å². The first kappa shape index (κ1) is 26.4. The molecule has 37 heavy (non-hydrogen) atoms. The van der Waals surface area contributed by atoms with Gasteiger partial charge in [-0.05, 0) is 55.4 Å². The van der Waals surface area contributed by atoms with Crippen LogP contribution in [0.3, 0.4) is 0 Å². The fraction of sp³-hybridized carbons (Fsp3) is 0.320. The highest BCUT2D eigenvalue weighted by molar-refractivity contribution is 6.30. The van der Waals surface area contributed by atoms with Gasteiger partial charge in [0.25, 0.3) is 0 Å². The van der Waals surface area contributed by atoms with Crippen LogP contribution in [-0.2, 0) is 6.54 Å². The van der Waals surface area contributed by atoms with Gasteiger partial charge in [-0.2, -0.15) is 13.8 Å². The molecule has 1 aromatic heterocycles. The van der Waals surface area contributed by atoms with Gasteiger partial charge in [-0.1, -0.05) is 17.7 Å². The number of hydrogen-bond acceptors (Lipinski definition) is 7. The number of amides is 1. The highest BCUT2D eigenvalue weighted by Crippen LogP contribution is 2.34. The number of rotatable bonds is 8. The van der Waals surface area contributed by atoms with Crippen LogP contribution in [0.2, 0.25) is 5.02 Å². The summed E-state index contributed by atoms with van der Waals surface area (Å²) in [4.78, 5) is 25.8. The largest absolute Gasteiger partial charge is 0.465 e. The van der Waals surface area contributed by atoms with Gasteiger partial charge in [-0.15, -0.1) is 0 Å². The number of alkyl halides is 2. The van der Waals surface area contributed by atoms with E-state index in [1.165, 1.54) is 18.3 Å². The zero-order valence-corrected chi connectivity index (χ0v) is 21.1. The van der Waals surface area contributed by atoms with E-state index in [2.05, 4.69) is 20.2 Å². The number of halogens is 3. The maximum absolute atomic E-state index is 13.2. The number of piperazine rings is 1. The molecule has 0 unspecified atom stereocenters. The zero-order chi connectivity index (χ0) is 26.5. The molecule has 3 aromatic rings. The van der Waals surface area contributed by atoms with Gasteiger partial charge in [-0.3, -0.25) is 4.90 Å². The molecule has 1 saturated heterocycles. The number of ether oxygens (including phenoxy) is 1. The van der Waals surface area contributed by atoms with Crippen LogP contribution in [0.5, 0.6) is 5.75 Å². The Morgan fingerprint density at radius 1 is 1.19 bits per heavy atom. The van der Waals surface area contributed by atoms with Crippen molar-refractivity contribution in [1.82, 2.24) is 14.9 Å². The number of likely N-dealkylation sites (N-methyl/N-ethyl adjacent to an activating group) is 1. The Balaban J connectivity index is 1.57. The molecule has 0 spiro atoms. The second-order valence-corrected chi connectivity index (χ2v) is 9.09. The van der Waals surface area contributed by atoms with Gasteiger partial charge in [-0.25, -0.2) is 9.78 Å². The number of nitrogens with one attached hydrogen (secondary N) is 1. The first-order valence-electron chi connectivity index (χ1n) is 11.6. The van der Waals surface area contributed by atoms with Gasteiger partial charge in [0.1, 0.15) is 5.82 Å². The van der Waals surface area contributed by atoms with Crippen molar-refractivity contribution in [3.8, 4) is 5.75 Å². The number of carbonyl (C=O) groups is 1. The number of anilines is 4. The third-order valence-corrected chi connectivity index (χ3v) is 6.30. The third-order valence-electron chi connectivity index (χ3n) is 6.06. The van der Waals surface area contributed by atoms with Crippen molar-refractivity contribution < 1.29 is 23.4 Å². The van der Waals surface area contributed by atoms with E-state index in [-0.39, 0.29) is 24.1 Å². The van der Waals surface area contributed by atoms with E-state index < -0.39 is 12.7 Å². The molecule has 12 heteroatoms. The van der Waals surface area contributed by atoms with Gasteiger partial charge < -0.3 is 25.0 Å². The molecule has 1 aliphatic heterocycles. The first-order chi connectivity index (χ1) is 17.7. The van der Waals surface area contributed by atoms with Gasteiger partial charge >= 0.3 is 12.7 Å². The summed E-state index contributed by atoms with van der Waals surface area (Å²) in [5.41, 5.74) is 2.60. The quantitative estimate of drug-likeness (QED) is 0.408. The average molecular weight is 533 g/mol. The lowest BCUT2D eigenvalue weighted by Gasteiger charge is -2.34. The van der Waals surface area contributed by atoms with Crippen LogP contribution in [-0.4, -0.2) is 65.9 Å². The van der Waals surface area contributed by atoms with Crippen LogP contribution < -0.4 is 19.9 Å². The average Bonchev–Trinajstić information content (AvgIpc) is 2.85. The number of aryl methyl sites for hydroxylation is 1. The van der Waals surface area contributed by atoms with Gasteiger partial charge in [0.15, 0.2) is 5.75 Å². The number of aromatic nitrogens is 2. The zero-order valence-electron chi connectivity index (χ0n) is 20.4. The molecule has 0 radical (unpaired) electrons. The van der Waals surface area contributed by atoms with E-state index in [1.807, 2.05) is 24.9 Å². The monoisotopic (exact) mass is 532 g/mol. The molecule has 0 saturated carbocycles. The van der Waals surface area contributed by atoms with E-state index in [0.29, 0.717) is 29.5 Å². The molecule has 1 amide bonds. The minimum Gasteiger partial charge on any atom is -0.465 e. The smallest absolute Gasteiger partial charge is 0.413 e. The summed E-state index contributed by atoms with van der Waals surface area (Å²) < 4.78 is 31.2. The second-order valence-electron chi connectivity index (χ2n) is 8.65. The third kappa shape index (κ3) is 6.75. The van der Waals surface area contributed by atoms with E-state index in [1.54, 1.807) is 24.3 Å². The molecule has 1 fully saturated rings. The molecule has 0 aliphatic carbocycles. The van der Waals surface area contributed by atoms with Crippen LogP contribution in [0.1, 0.15) is 11.1 Å². The van der Waals surface area contributed by atoms with Crippen molar-refractivity contribution >= 4 is 40.8 Å². The standard InChI is InChI=1S/C25H27ClF2N6O3/c1-16-3-4-18(26)13-17(16)15-34(25(35)36)22-7-8-29-24(31-22)30-19-5-6-20(21(14-19)37-23(27)28)33-11-9-32(2)10-12-33/h3-8,13-14,23H,9-12,15H2,1-2H3,(H,35,36)(H,29,30,31). The summed E-state index contributed by atoms with van der Waals surface area (Å²) in [5, 5.41) is 13.3. The van der Waals surface area contributed by atoms with Crippen molar-refractivity contribution in [1.29, 1.82) is 0 Å². The molecular weight excluding hydrogens is 506 g/mol. The second kappa shape index (κ2) is 11.6. The first-order valence-corrected chi connectivity index (χ1v) is 12.0. The molecule has 196 valence electrons. The molecular formula is C25H27ClF2N6O3. The SMILES string of the molecule is Cc1ccc(Cl)cc1CN(C(=O)O)c1ccnc(Nc2ccc(N3CCN(C)CC3)c(OC(F)F)c2)n1. The fourth-order valence-corrected chi connectivity index (χ4v) is 4.20. The molecule has 2 N–H and O–H groups in total. The Morgan fingerprint density at radius 2 is 1.95 bits per heavy atom. The summed E-state index contributed by atoms with van der Waals surface area (Å²) in [5.74, 6) is 0.272. The normalized spacial score (nSPS) is 14.1. The molecule has 0 bridgehead atoms. The topological polar surface area (TPSA) is 94.1 Å². The Kier molecular flexibility index (Phi) is 8.24. The highest BCUT2D eigenvalue weighted by atomic mass is 35.5. The van der Waals surface area contributed by atoms with Crippen molar-refractivity contribution in [2.24, 2.45) is 0 Å². The Bertz CT molecular complexity index is 1260. The molecule has 4 rings (SSSR count). The minimum atomic E-state index is -2.99. The van der Waals surface area contributed by atoms with E-state index in [9.17, 15) is 18.7 Å². The highest BCUT2D eigenvalue weighted by Gasteiger charge is 2.21. The van der Waals surface area contributed by atoms with Crippen LogP contribution in [0, 0.1) is 6.92 Å². The van der Waals surface area contributed by atoms with Crippen LogP contribution in [0.15, 0.2) is 48.7 Å². The molecule has 2 aromatic carbocycles. The summed E-state index contributed by atoms with van der Waals surface area (Å²) >= 11 is 6.09.